The summed E-state index contributed by atoms with van der Waals surface area (Å²) in [4.78, 5) is 0. The number of unbranched alkanes of at least 4 members (excludes halogenated alkanes) is 2. The van der Waals surface area contributed by atoms with E-state index < -0.39 is 6.10 Å². The minimum absolute atomic E-state index is 0.207. The zero-order chi connectivity index (χ0) is 11.4. The first-order valence-corrected chi connectivity index (χ1v) is 6.91. The van der Waals surface area contributed by atoms with Crippen molar-refractivity contribution in [1.82, 2.24) is 0 Å². The topological polar surface area (TPSA) is 32.8 Å². The molecule has 0 aromatic carbocycles. The number of fused-ring (bicyclic) bond motifs is 1. The molecule has 2 fully saturated rings. The second-order valence-corrected chi connectivity index (χ2v) is 5.24. The Balaban J connectivity index is 1.73. The number of aliphatic hydroxyl groups excluding tert-OH is 1. The van der Waals surface area contributed by atoms with Gasteiger partial charge >= 0.3 is 0 Å². The van der Waals surface area contributed by atoms with Crippen molar-refractivity contribution in [3.8, 4) is 0 Å². The molecule has 0 bridgehead atoms. The summed E-state index contributed by atoms with van der Waals surface area (Å²) in [5.41, 5.74) is -0.207. The number of halogens is 1. The molecule has 1 heterocycles. The zero-order valence-corrected chi connectivity index (χ0v) is 10.5. The fraction of sp³-hybridized carbons (Fsp3) is 0.846. The van der Waals surface area contributed by atoms with Crippen molar-refractivity contribution in [2.45, 2.75) is 62.8 Å². The summed E-state index contributed by atoms with van der Waals surface area (Å²) in [5.74, 6) is 0.728. The predicted molar refractivity (Wildman–Crippen MR) is 65.8 cm³/mol. The normalized spacial score (nSPS) is 35.0. The van der Waals surface area contributed by atoms with Crippen molar-refractivity contribution < 1.29 is 9.84 Å². The third kappa shape index (κ3) is 2.61. The van der Waals surface area contributed by atoms with Crippen molar-refractivity contribution in [2.75, 3.05) is 5.88 Å². The van der Waals surface area contributed by atoms with Crippen molar-refractivity contribution in [1.29, 1.82) is 0 Å². The summed E-state index contributed by atoms with van der Waals surface area (Å²) >= 11 is 5.60. The zero-order valence-electron chi connectivity index (χ0n) is 9.70. The Kier molecular flexibility index (Phi) is 4.28. The van der Waals surface area contributed by atoms with Gasteiger partial charge in [-0.25, -0.2) is 0 Å². The number of epoxide rings is 1. The summed E-state index contributed by atoms with van der Waals surface area (Å²) < 4.78 is 5.68. The third-order valence-corrected chi connectivity index (χ3v) is 3.97. The van der Waals surface area contributed by atoms with Crippen LogP contribution in [0.5, 0.6) is 0 Å². The lowest BCUT2D eigenvalue weighted by Gasteiger charge is -2.20. The van der Waals surface area contributed by atoms with Crippen LogP contribution in [0, 0.1) is 0 Å². The molecule has 2 rings (SSSR count). The molecule has 0 spiro atoms. The van der Waals surface area contributed by atoms with Crippen molar-refractivity contribution in [2.24, 2.45) is 0 Å². The van der Waals surface area contributed by atoms with Gasteiger partial charge in [-0.15, -0.1) is 11.6 Å². The van der Waals surface area contributed by atoms with Crippen molar-refractivity contribution in [3.63, 3.8) is 0 Å². The van der Waals surface area contributed by atoms with Gasteiger partial charge in [0.25, 0.3) is 0 Å². The van der Waals surface area contributed by atoms with E-state index in [2.05, 4.69) is 6.08 Å². The molecule has 3 heteroatoms. The van der Waals surface area contributed by atoms with E-state index in [9.17, 15) is 5.11 Å². The number of hydrogen-bond donors (Lipinski definition) is 1. The quantitative estimate of drug-likeness (QED) is 0.337. The average molecular weight is 245 g/mol. The molecule has 0 aromatic rings. The minimum Gasteiger partial charge on any atom is -0.386 e. The van der Waals surface area contributed by atoms with Crippen LogP contribution < -0.4 is 0 Å². The van der Waals surface area contributed by atoms with Crippen LogP contribution in [-0.4, -0.2) is 28.8 Å². The molecule has 1 unspecified atom stereocenters. The SMILES string of the molecule is O[C@@H](/C=C/CCCCCl)[C@@]12CCCCC1O2. The highest BCUT2D eigenvalue weighted by Crippen LogP contribution is 2.50. The van der Waals surface area contributed by atoms with Gasteiger partial charge < -0.3 is 9.84 Å². The van der Waals surface area contributed by atoms with Gasteiger partial charge in [0.15, 0.2) is 0 Å². The first-order chi connectivity index (χ1) is 7.79. The van der Waals surface area contributed by atoms with Gasteiger partial charge in [-0.2, -0.15) is 0 Å². The second kappa shape index (κ2) is 5.52. The lowest BCUT2D eigenvalue weighted by Crippen LogP contribution is -2.32. The second-order valence-electron chi connectivity index (χ2n) is 4.86. The highest BCUT2D eigenvalue weighted by atomic mass is 35.5. The lowest BCUT2D eigenvalue weighted by molar-refractivity contribution is 0.104. The third-order valence-electron chi connectivity index (χ3n) is 3.71. The Labute approximate surface area is 103 Å². The fourth-order valence-corrected chi connectivity index (χ4v) is 2.83. The minimum atomic E-state index is -0.409. The maximum atomic E-state index is 10.1. The fourth-order valence-electron chi connectivity index (χ4n) is 2.64. The van der Waals surface area contributed by atoms with E-state index in [-0.39, 0.29) is 5.60 Å². The molecule has 1 saturated heterocycles. The number of rotatable bonds is 6. The molecule has 16 heavy (non-hydrogen) atoms. The maximum absolute atomic E-state index is 10.1. The smallest absolute Gasteiger partial charge is 0.124 e. The molecule has 2 nitrogen and oxygen atoms in total. The predicted octanol–water partition coefficient (Wildman–Crippen LogP) is 3.02. The first kappa shape index (κ1) is 12.4. The van der Waals surface area contributed by atoms with Crippen LogP contribution in [0.1, 0.15) is 44.9 Å². The molecule has 1 saturated carbocycles. The molecule has 1 N–H and O–H groups in total. The van der Waals surface area contributed by atoms with E-state index in [0.717, 1.165) is 38.0 Å². The molecule has 0 amide bonds. The van der Waals surface area contributed by atoms with Crippen LogP contribution in [-0.2, 0) is 4.74 Å². The van der Waals surface area contributed by atoms with Crippen LogP contribution in [0.2, 0.25) is 0 Å². The molecular formula is C13H21ClO2. The van der Waals surface area contributed by atoms with E-state index in [1.165, 1.54) is 12.8 Å². The van der Waals surface area contributed by atoms with Crippen molar-refractivity contribution >= 4 is 11.6 Å². The average Bonchev–Trinajstić information content (AvgIpc) is 3.04. The lowest BCUT2D eigenvalue weighted by atomic mass is 9.85. The van der Waals surface area contributed by atoms with Gasteiger partial charge in [0.2, 0.25) is 0 Å². The molecule has 1 aliphatic heterocycles. The first-order valence-electron chi connectivity index (χ1n) is 6.38. The molecule has 0 aromatic heterocycles. The maximum Gasteiger partial charge on any atom is 0.124 e. The Morgan fingerprint density at radius 2 is 2.31 bits per heavy atom. The molecule has 92 valence electrons. The van der Waals surface area contributed by atoms with Gasteiger partial charge in [-0.1, -0.05) is 25.0 Å². The summed E-state index contributed by atoms with van der Waals surface area (Å²) in [6, 6.07) is 0. The molecule has 3 atom stereocenters. The van der Waals surface area contributed by atoms with Gasteiger partial charge in [0, 0.05) is 5.88 Å². The van der Waals surface area contributed by atoms with Crippen molar-refractivity contribution in [3.05, 3.63) is 12.2 Å². The van der Waals surface area contributed by atoms with Crippen LogP contribution in [0.4, 0.5) is 0 Å². The van der Waals surface area contributed by atoms with E-state index in [1.54, 1.807) is 0 Å². The highest BCUT2D eigenvalue weighted by Gasteiger charge is 2.60. The molecular weight excluding hydrogens is 224 g/mol. The number of allylic oxidation sites excluding steroid dienone is 1. The standard InChI is InChI=1S/C13H21ClO2/c14-10-6-2-1-3-7-11(15)13-9-5-4-8-12(13)16-13/h3,7,11-12,15H,1-2,4-6,8-10H2/b7-3+/t11-,12?,13-/m0/s1. The Hall–Kier alpha value is -0.0500. The Morgan fingerprint density at radius 3 is 3.06 bits per heavy atom. The summed E-state index contributed by atoms with van der Waals surface area (Å²) in [6.45, 7) is 0. The summed E-state index contributed by atoms with van der Waals surface area (Å²) in [7, 11) is 0. The van der Waals surface area contributed by atoms with Gasteiger partial charge in [-0.05, 0) is 32.1 Å². The van der Waals surface area contributed by atoms with Crippen LogP contribution >= 0.6 is 11.6 Å². The number of aliphatic hydroxyl groups is 1. The molecule has 0 radical (unpaired) electrons. The van der Waals surface area contributed by atoms with E-state index >= 15 is 0 Å². The summed E-state index contributed by atoms with van der Waals surface area (Å²) in [5, 5.41) is 10.1. The van der Waals surface area contributed by atoms with E-state index in [4.69, 9.17) is 16.3 Å². The number of hydrogen-bond acceptors (Lipinski definition) is 2. The van der Waals surface area contributed by atoms with E-state index in [0.29, 0.717) is 6.10 Å². The Morgan fingerprint density at radius 1 is 1.44 bits per heavy atom. The molecule has 2 aliphatic rings. The van der Waals surface area contributed by atoms with Crippen LogP contribution in [0.3, 0.4) is 0 Å². The van der Waals surface area contributed by atoms with E-state index in [1.807, 2.05) is 6.08 Å². The highest BCUT2D eigenvalue weighted by molar-refractivity contribution is 6.17. The number of alkyl halides is 1. The number of ether oxygens (including phenoxy) is 1. The van der Waals surface area contributed by atoms with Gasteiger partial charge in [0.05, 0.1) is 6.10 Å². The Bertz CT molecular complexity index is 254. The molecule has 1 aliphatic carbocycles. The van der Waals surface area contributed by atoms with Crippen LogP contribution in [0.15, 0.2) is 12.2 Å². The van der Waals surface area contributed by atoms with Gasteiger partial charge in [-0.3, -0.25) is 0 Å². The summed E-state index contributed by atoms with van der Waals surface area (Å²) in [6.07, 6.45) is 11.6. The van der Waals surface area contributed by atoms with Gasteiger partial charge in [0.1, 0.15) is 11.7 Å². The monoisotopic (exact) mass is 244 g/mol. The van der Waals surface area contributed by atoms with Crippen LogP contribution in [0.25, 0.3) is 0 Å². The largest absolute Gasteiger partial charge is 0.386 e.